The third-order valence-electron chi connectivity index (χ3n) is 3.81. The minimum Gasteiger partial charge on any atom is -0.490 e. The highest BCUT2D eigenvalue weighted by molar-refractivity contribution is 6.02. The fourth-order valence-corrected chi connectivity index (χ4v) is 2.46. The molecule has 27 heavy (non-hydrogen) atoms. The van der Waals surface area contributed by atoms with E-state index in [1.165, 1.54) is 6.08 Å². The van der Waals surface area contributed by atoms with Gasteiger partial charge in [-0.1, -0.05) is 30.3 Å². The van der Waals surface area contributed by atoms with Crippen molar-refractivity contribution in [1.82, 2.24) is 9.55 Å². The summed E-state index contributed by atoms with van der Waals surface area (Å²) in [5.74, 6) is 0.296. The molecule has 1 heterocycles. The fraction of sp³-hybridized carbons (Fsp3) is 0.0952. The van der Waals surface area contributed by atoms with Crippen LogP contribution in [0.25, 0.3) is 6.08 Å². The number of hydrogen-bond donors (Lipinski definition) is 1. The summed E-state index contributed by atoms with van der Waals surface area (Å²) in [6.45, 7) is 1.11. The summed E-state index contributed by atoms with van der Waals surface area (Å²) < 4.78 is 7.69. The molecule has 2 aromatic carbocycles. The van der Waals surface area contributed by atoms with Gasteiger partial charge in [0, 0.05) is 18.5 Å². The van der Waals surface area contributed by atoms with E-state index in [2.05, 4.69) is 16.4 Å². The second kappa shape index (κ2) is 9.02. The Bertz CT molecular complexity index is 972. The van der Waals surface area contributed by atoms with Gasteiger partial charge in [-0.15, -0.1) is 0 Å². The maximum absolute atomic E-state index is 12.2. The Kier molecular flexibility index (Phi) is 6.00. The number of nitriles is 1. The van der Waals surface area contributed by atoms with E-state index in [0.717, 1.165) is 0 Å². The first-order valence-electron chi connectivity index (χ1n) is 8.42. The minimum atomic E-state index is -0.298. The minimum absolute atomic E-state index is 0.298. The van der Waals surface area contributed by atoms with Crippen molar-refractivity contribution >= 4 is 17.7 Å². The lowest BCUT2D eigenvalue weighted by atomic mass is 10.1. The molecule has 0 aliphatic heterocycles. The number of para-hydroxylation sites is 2. The second-order valence-corrected chi connectivity index (χ2v) is 5.67. The molecule has 0 aliphatic carbocycles. The Balaban J connectivity index is 1.62. The van der Waals surface area contributed by atoms with Crippen molar-refractivity contribution in [2.45, 2.75) is 6.54 Å². The molecule has 0 saturated carbocycles. The van der Waals surface area contributed by atoms with E-state index in [9.17, 15) is 4.79 Å². The quantitative estimate of drug-likeness (QED) is 0.656. The zero-order valence-electron chi connectivity index (χ0n) is 14.6. The first-order valence-corrected chi connectivity index (χ1v) is 8.42. The smallest absolute Gasteiger partial charge is 0.248 e. The van der Waals surface area contributed by atoms with E-state index in [1.807, 2.05) is 29.0 Å². The molecular weight excluding hydrogens is 340 g/mol. The van der Waals surface area contributed by atoms with Crippen LogP contribution >= 0.6 is 0 Å². The van der Waals surface area contributed by atoms with Crippen LogP contribution in [-0.2, 0) is 11.3 Å². The van der Waals surface area contributed by atoms with Gasteiger partial charge in [-0.2, -0.15) is 5.26 Å². The molecular formula is C21H18N4O2. The summed E-state index contributed by atoms with van der Waals surface area (Å²) in [6, 6.07) is 16.5. The summed E-state index contributed by atoms with van der Waals surface area (Å²) in [7, 11) is 0. The summed E-state index contributed by atoms with van der Waals surface area (Å²) in [5.41, 5.74) is 1.80. The van der Waals surface area contributed by atoms with Crippen molar-refractivity contribution in [3.63, 3.8) is 0 Å². The first-order chi connectivity index (χ1) is 13.3. The highest BCUT2D eigenvalue weighted by atomic mass is 16.5. The summed E-state index contributed by atoms with van der Waals surface area (Å²) >= 11 is 0. The van der Waals surface area contributed by atoms with E-state index in [-0.39, 0.29) is 5.91 Å². The van der Waals surface area contributed by atoms with Crippen LogP contribution in [0.5, 0.6) is 5.75 Å². The van der Waals surface area contributed by atoms with E-state index in [1.54, 1.807) is 48.9 Å². The Labute approximate surface area is 157 Å². The molecule has 0 radical (unpaired) electrons. The zero-order chi connectivity index (χ0) is 18.9. The number of ether oxygens (including phenoxy) is 1. The van der Waals surface area contributed by atoms with E-state index in [0.29, 0.717) is 35.7 Å². The molecule has 6 nitrogen and oxygen atoms in total. The number of rotatable bonds is 7. The monoisotopic (exact) mass is 358 g/mol. The summed E-state index contributed by atoms with van der Waals surface area (Å²) in [6.07, 6.45) is 8.32. The topological polar surface area (TPSA) is 79.9 Å². The lowest BCUT2D eigenvalue weighted by Crippen LogP contribution is -2.11. The second-order valence-electron chi connectivity index (χ2n) is 5.67. The third-order valence-corrected chi connectivity index (χ3v) is 3.81. The number of anilines is 1. The van der Waals surface area contributed by atoms with Gasteiger partial charge >= 0.3 is 0 Å². The molecule has 0 fully saturated rings. The number of aromatic nitrogens is 2. The number of hydrogen-bond acceptors (Lipinski definition) is 4. The normalized spacial score (nSPS) is 10.5. The Hall–Kier alpha value is -3.85. The number of carbonyl (C=O) groups excluding carboxylic acids is 1. The van der Waals surface area contributed by atoms with Gasteiger partial charge in [-0.05, 0) is 29.8 Å². The summed E-state index contributed by atoms with van der Waals surface area (Å²) in [5, 5.41) is 11.9. The lowest BCUT2D eigenvalue weighted by molar-refractivity contribution is -0.111. The number of nitrogens with zero attached hydrogens (tertiary/aromatic N) is 3. The Morgan fingerprint density at radius 1 is 1.22 bits per heavy atom. The number of imidazole rings is 1. The standard InChI is InChI=1S/C21H18N4O2/c22-15-18-6-2-1-5-17(18)9-10-21(26)24-19-7-3-4-8-20(19)27-14-13-25-12-11-23-16-25/h1-12,16H,13-14H2,(H,24,26)/b10-9+. The Morgan fingerprint density at radius 3 is 2.85 bits per heavy atom. The van der Waals surface area contributed by atoms with Crippen LogP contribution in [0, 0.1) is 11.3 Å². The molecule has 0 atom stereocenters. The molecule has 1 aromatic heterocycles. The Morgan fingerprint density at radius 2 is 2.04 bits per heavy atom. The molecule has 3 rings (SSSR count). The van der Waals surface area contributed by atoms with Crippen LogP contribution < -0.4 is 10.1 Å². The van der Waals surface area contributed by atoms with Crippen molar-refractivity contribution in [2.75, 3.05) is 11.9 Å². The van der Waals surface area contributed by atoms with Crippen molar-refractivity contribution in [3.05, 3.63) is 84.5 Å². The fourth-order valence-electron chi connectivity index (χ4n) is 2.46. The third kappa shape index (κ3) is 5.06. The lowest BCUT2D eigenvalue weighted by Gasteiger charge is -2.12. The number of benzene rings is 2. The molecule has 0 bridgehead atoms. The van der Waals surface area contributed by atoms with Gasteiger partial charge < -0.3 is 14.6 Å². The van der Waals surface area contributed by atoms with Crippen molar-refractivity contribution in [3.8, 4) is 11.8 Å². The molecule has 134 valence electrons. The highest BCUT2D eigenvalue weighted by Crippen LogP contribution is 2.23. The molecule has 1 N–H and O–H groups in total. The van der Waals surface area contributed by atoms with Gasteiger partial charge in [0.25, 0.3) is 0 Å². The van der Waals surface area contributed by atoms with Crippen molar-refractivity contribution < 1.29 is 9.53 Å². The van der Waals surface area contributed by atoms with Gasteiger partial charge in [0.15, 0.2) is 0 Å². The van der Waals surface area contributed by atoms with Crippen LogP contribution in [0.1, 0.15) is 11.1 Å². The van der Waals surface area contributed by atoms with Crippen LogP contribution in [0.15, 0.2) is 73.3 Å². The van der Waals surface area contributed by atoms with Gasteiger partial charge in [-0.25, -0.2) is 4.98 Å². The SMILES string of the molecule is N#Cc1ccccc1/C=C/C(=O)Nc1ccccc1OCCn1ccnc1. The molecule has 0 saturated heterocycles. The van der Waals surface area contributed by atoms with Crippen molar-refractivity contribution in [1.29, 1.82) is 5.26 Å². The van der Waals surface area contributed by atoms with Gasteiger partial charge in [-0.3, -0.25) is 4.79 Å². The molecule has 6 heteroatoms. The molecule has 0 spiro atoms. The summed E-state index contributed by atoms with van der Waals surface area (Å²) in [4.78, 5) is 16.2. The number of carbonyl (C=O) groups is 1. The molecule has 3 aromatic rings. The maximum atomic E-state index is 12.2. The molecule has 0 unspecified atom stereocenters. The first kappa shape index (κ1) is 18.0. The van der Waals surface area contributed by atoms with E-state index < -0.39 is 0 Å². The number of nitrogens with one attached hydrogen (secondary N) is 1. The average molecular weight is 358 g/mol. The van der Waals surface area contributed by atoms with Crippen LogP contribution in [-0.4, -0.2) is 22.1 Å². The van der Waals surface area contributed by atoms with Crippen LogP contribution in [0.2, 0.25) is 0 Å². The van der Waals surface area contributed by atoms with Crippen molar-refractivity contribution in [2.24, 2.45) is 0 Å². The van der Waals surface area contributed by atoms with E-state index in [4.69, 9.17) is 10.00 Å². The predicted molar refractivity (Wildman–Crippen MR) is 103 cm³/mol. The van der Waals surface area contributed by atoms with Gasteiger partial charge in [0.05, 0.1) is 30.2 Å². The van der Waals surface area contributed by atoms with Gasteiger partial charge in [0.1, 0.15) is 12.4 Å². The van der Waals surface area contributed by atoms with Crippen LogP contribution in [0.3, 0.4) is 0 Å². The van der Waals surface area contributed by atoms with Crippen LogP contribution in [0.4, 0.5) is 5.69 Å². The molecule has 1 amide bonds. The van der Waals surface area contributed by atoms with E-state index >= 15 is 0 Å². The highest BCUT2D eigenvalue weighted by Gasteiger charge is 2.06. The zero-order valence-corrected chi connectivity index (χ0v) is 14.6. The number of amides is 1. The maximum Gasteiger partial charge on any atom is 0.248 e. The average Bonchev–Trinajstić information content (AvgIpc) is 3.21. The predicted octanol–water partition coefficient (Wildman–Crippen LogP) is 3.49. The molecule has 0 aliphatic rings. The largest absolute Gasteiger partial charge is 0.490 e. The van der Waals surface area contributed by atoms with Gasteiger partial charge in [0.2, 0.25) is 5.91 Å².